The van der Waals surface area contributed by atoms with Crippen LogP contribution in [0.4, 0.5) is 5.69 Å². The average Bonchev–Trinajstić information content (AvgIpc) is 2.94. The van der Waals surface area contributed by atoms with Gasteiger partial charge in [0, 0.05) is 26.1 Å². The molecule has 1 aliphatic heterocycles. The SMILES string of the molecule is CCC(C)N(C)C(=O)C1CC(=O)N(c2ccccc2OC)C1. The Morgan fingerprint density at radius 3 is 2.77 bits per heavy atom. The minimum atomic E-state index is -0.281. The normalized spacial score (nSPS) is 19.2. The van der Waals surface area contributed by atoms with Crippen molar-refractivity contribution in [2.24, 2.45) is 5.92 Å². The summed E-state index contributed by atoms with van der Waals surface area (Å²) < 4.78 is 5.32. The van der Waals surface area contributed by atoms with Gasteiger partial charge in [-0.15, -0.1) is 0 Å². The predicted octanol–water partition coefficient (Wildman–Crippen LogP) is 2.31. The van der Waals surface area contributed by atoms with E-state index in [1.54, 1.807) is 16.9 Å². The molecule has 0 aliphatic carbocycles. The molecule has 2 unspecified atom stereocenters. The lowest BCUT2D eigenvalue weighted by atomic mass is 10.1. The zero-order valence-corrected chi connectivity index (χ0v) is 13.7. The van der Waals surface area contributed by atoms with Crippen LogP contribution in [0.5, 0.6) is 5.75 Å². The zero-order chi connectivity index (χ0) is 16.3. The smallest absolute Gasteiger partial charge is 0.227 e. The number of benzene rings is 1. The summed E-state index contributed by atoms with van der Waals surface area (Å²) in [7, 11) is 3.39. The summed E-state index contributed by atoms with van der Waals surface area (Å²) in [6.07, 6.45) is 1.16. The first kappa shape index (κ1) is 16.3. The van der Waals surface area contributed by atoms with Gasteiger partial charge in [-0.2, -0.15) is 0 Å². The largest absolute Gasteiger partial charge is 0.495 e. The number of methoxy groups -OCH3 is 1. The second kappa shape index (κ2) is 6.81. The molecule has 0 saturated carbocycles. The van der Waals surface area contributed by atoms with Crippen LogP contribution < -0.4 is 9.64 Å². The Balaban J connectivity index is 2.16. The van der Waals surface area contributed by atoms with Crippen molar-refractivity contribution in [3.05, 3.63) is 24.3 Å². The van der Waals surface area contributed by atoms with E-state index in [9.17, 15) is 9.59 Å². The van der Waals surface area contributed by atoms with Crippen molar-refractivity contribution >= 4 is 17.5 Å². The van der Waals surface area contributed by atoms with Crippen molar-refractivity contribution in [3.8, 4) is 5.75 Å². The first-order valence-electron chi connectivity index (χ1n) is 7.69. The van der Waals surface area contributed by atoms with Gasteiger partial charge in [-0.05, 0) is 25.5 Å². The highest BCUT2D eigenvalue weighted by Gasteiger charge is 2.37. The third-order valence-corrected chi connectivity index (χ3v) is 4.45. The number of para-hydroxylation sites is 2. The van der Waals surface area contributed by atoms with Gasteiger partial charge in [0.25, 0.3) is 0 Å². The van der Waals surface area contributed by atoms with Crippen molar-refractivity contribution in [3.63, 3.8) is 0 Å². The molecule has 1 heterocycles. The Kier molecular flexibility index (Phi) is 5.06. The minimum Gasteiger partial charge on any atom is -0.495 e. The molecule has 1 aromatic carbocycles. The summed E-state index contributed by atoms with van der Waals surface area (Å²) in [6.45, 7) is 4.49. The van der Waals surface area contributed by atoms with Crippen molar-refractivity contribution in [1.29, 1.82) is 0 Å². The molecule has 0 spiro atoms. The number of hydrogen-bond donors (Lipinski definition) is 0. The van der Waals surface area contributed by atoms with Gasteiger partial charge in [0.1, 0.15) is 5.75 Å². The van der Waals surface area contributed by atoms with E-state index in [1.165, 1.54) is 0 Å². The summed E-state index contributed by atoms with van der Waals surface area (Å²) in [4.78, 5) is 28.3. The van der Waals surface area contributed by atoms with Crippen LogP contribution in [-0.2, 0) is 9.59 Å². The highest BCUT2D eigenvalue weighted by molar-refractivity contribution is 6.01. The highest BCUT2D eigenvalue weighted by atomic mass is 16.5. The van der Waals surface area contributed by atoms with Crippen LogP contribution in [0, 0.1) is 5.92 Å². The predicted molar refractivity (Wildman–Crippen MR) is 86.0 cm³/mol. The van der Waals surface area contributed by atoms with E-state index in [0.717, 1.165) is 12.1 Å². The summed E-state index contributed by atoms with van der Waals surface area (Å²) in [5.74, 6) is 0.385. The summed E-state index contributed by atoms with van der Waals surface area (Å²) >= 11 is 0. The van der Waals surface area contributed by atoms with Gasteiger partial charge in [0.15, 0.2) is 0 Å². The standard InChI is InChI=1S/C17H24N2O3/c1-5-12(2)18(3)17(21)13-10-16(20)19(11-13)14-8-6-7-9-15(14)22-4/h6-9,12-13H,5,10-11H2,1-4H3. The van der Waals surface area contributed by atoms with E-state index in [4.69, 9.17) is 4.74 Å². The molecule has 1 fully saturated rings. The second-order valence-corrected chi connectivity index (χ2v) is 5.78. The lowest BCUT2D eigenvalue weighted by molar-refractivity contribution is -0.136. The number of ether oxygens (including phenoxy) is 1. The molecule has 120 valence electrons. The summed E-state index contributed by atoms with van der Waals surface area (Å²) in [5, 5.41) is 0. The van der Waals surface area contributed by atoms with Crippen molar-refractivity contribution in [2.75, 3.05) is 25.6 Å². The van der Waals surface area contributed by atoms with Crippen LogP contribution in [-0.4, -0.2) is 43.5 Å². The Bertz CT molecular complexity index is 559. The van der Waals surface area contributed by atoms with E-state index in [2.05, 4.69) is 6.92 Å². The Morgan fingerprint density at radius 2 is 2.14 bits per heavy atom. The minimum absolute atomic E-state index is 0.0274. The molecule has 5 nitrogen and oxygen atoms in total. The van der Waals surface area contributed by atoms with Gasteiger partial charge >= 0.3 is 0 Å². The first-order valence-corrected chi connectivity index (χ1v) is 7.69. The monoisotopic (exact) mass is 304 g/mol. The average molecular weight is 304 g/mol. The fourth-order valence-electron chi connectivity index (χ4n) is 2.74. The van der Waals surface area contributed by atoms with Gasteiger partial charge in [-0.1, -0.05) is 19.1 Å². The number of carbonyl (C=O) groups is 2. The molecule has 1 saturated heterocycles. The molecule has 2 rings (SSSR count). The third-order valence-electron chi connectivity index (χ3n) is 4.45. The fourth-order valence-corrected chi connectivity index (χ4v) is 2.74. The maximum Gasteiger partial charge on any atom is 0.227 e. The van der Waals surface area contributed by atoms with Gasteiger partial charge < -0.3 is 14.5 Å². The molecule has 2 amide bonds. The highest BCUT2D eigenvalue weighted by Crippen LogP contribution is 2.33. The molecule has 2 atom stereocenters. The van der Waals surface area contributed by atoms with E-state index in [1.807, 2.05) is 38.2 Å². The quantitative estimate of drug-likeness (QED) is 0.839. The van der Waals surface area contributed by atoms with Crippen LogP contribution in [0.25, 0.3) is 0 Å². The molecule has 1 aliphatic rings. The van der Waals surface area contributed by atoms with Crippen molar-refractivity contribution < 1.29 is 14.3 Å². The molecule has 5 heteroatoms. The van der Waals surface area contributed by atoms with Crippen LogP contribution in [0.1, 0.15) is 26.7 Å². The van der Waals surface area contributed by atoms with Crippen LogP contribution >= 0.6 is 0 Å². The molecule has 0 N–H and O–H groups in total. The van der Waals surface area contributed by atoms with Gasteiger partial charge in [-0.3, -0.25) is 9.59 Å². The molecule has 0 radical (unpaired) electrons. The number of amides is 2. The number of carbonyl (C=O) groups excluding carboxylic acids is 2. The van der Waals surface area contributed by atoms with E-state index >= 15 is 0 Å². The summed E-state index contributed by atoms with van der Waals surface area (Å²) in [5.41, 5.74) is 0.733. The zero-order valence-electron chi connectivity index (χ0n) is 13.7. The maximum atomic E-state index is 12.5. The van der Waals surface area contributed by atoms with Crippen molar-refractivity contribution in [1.82, 2.24) is 4.90 Å². The molecular weight excluding hydrogens is 280 g/mol. The van der Waals surface area contributed by atoms with E-state index in [-0.39, 0.29) is 30.2 Å². The van der Waals surface area contributed by atoms with Crippen molar-refractivity contribution in [2.45, 2.75) is 32.7 Å². The lowest BCUT2D eigenvalue weighted by Gasteiger charge is -2.26. The van der Waals surface area contributed by atoms with Gasteiger partial charge in [0.2, 0.25) is 11.8 Å². The molecular formula is C17H24N2O3. The molecule has 22 heavy (non-hydrogen) atoms. The Hall–Kier alpha value is -2.04. The number of hydrogen-bond acceptors (Lipinski definition) is 3. The maximum absolute atomic E-state index is 12.5. The second-order valence-electron chi connectivity index (χ2n) is 5.78. The summed E-state index contributed by atoms with van der Waals surface area (Å²) in [6, 6.07) is 7.58. The topological polar surface area (TPSA) is 49.9 Å². The molecule has 1 aromatic rings. The molecule has 0 aromatic heterocycles. The van der Waals surface area contributed by atoms with Gasteiger partial charge in [-0.25, -0.2) is 0 Å². The third kappa shape index (κ3) is 3.08. The number of nitrogens with zero attached hydrogens (tertiary/aromatic N) is 2. The Labute approximate surface area is 131 Å². The van der Waals surface area contributed by atoms with Crippen LogP contribution in [0.3, 0.4) is 0 Å². The van der Waals surface area contributed by atoms with Crippen LogP contribution in [0.2, 0.25) is 0 Å². The fraction of sp³-hybridized carbons (Fsp3) is 0.529. The molecule has 0 bridgehead atoms. The number of anilines is 1. The van der Waals surface area contributed by atoms with Gasteiger partial charge in [0.05, 0.1) is 18.7 Å². The van der Waals surface area contributed by atoms with E-state index < -0.39 is 0 Å². The van der Waals surface area contributed by atoms with Crippen LogP contribution in [0.15, 0.2) is 24.3 Å². The van der Waals surface area contributed by atoms with E-state index in [0.29, 0.717) is 12.3 Å². The Morgan fingerprint density at radius 1 is 1.45 bits per heavy atom. The lowest BCUT2D eigenvalue weighted by Crippen LogP contribution is -2.39. The first-order chi connectivity index (χ1) is 10.5. The number of rotatable bonds is 5.